The first-order chi connectivity index (χ1) is 8.41. The quantitative estimate of drug-likeness (QED) is 0.816. The van der Waals surface area contributed by atoms with E-state index in [0.29, 0.717) is 23.2 Å². The highest BCUT2D eigenvalue weighted by molar-refractivity contribution is 5.84. The molecule has 2 aliphatic rings. The van der Waals surface area contributed by atoms with Crippen molar-refractivity contribution in [3.63, 3.8) is 0 Å². The first-order valence-corrected chi connectivity index (χ1v) is 7.48. The van der Waals surface area contributed by atoms with E-state index in [2.05, 4.69) is 44.8 Å². The molecule has 3 heteroatoms. The van der Waals surface area contributed by atoms with Crippen molar-refractivity contribution < 1.29 is 4.79 Å². The highest BCUT2D eigenvalue weighted by Gasteiger charge is 2.50. The lowest BCUT2D eigenvalue weighted by Gasteiger charge is -2.30. The Morgan fingerprint density at radius 2 is 1.94 bits per heavy atom. The van der Waals surface area contributed by atoms with Crippen molar-refractivity contribution in [3.05, 3.63) is 0 Å². The summed E-state index contributed by atoms with van der Waals surface area (Å²) in [5.41, 5.74) is 0.413. The molecule has 104 valence electrons. The zero-order valence-electron chi connectivity index (χ0n) is 12.5. The molecule has 1 saturated heterocycles. The molecule has 0 aromatic carbocycles. The average molecular weight is 252 g/mol. The van der Waals surface area contributed by atoms with Gasteiger partial charge in [0.05, 0.1) is 12.2 Å². The van der Waals surface area contributed by atoms with Crippen LogP contribution in [0.5, 0.6) is 0 Å². The largest absolute Gasteiger partial charge is 0.325 e. The number of hydrogen-bond acceptors (Lipinski definition) is 2. The average Bonchev–Trinajstić information content (AvgIpc) is 3.01. The predicted molar refractivity (Wildman–Crippen MR) is 74.1 cm³/mol. The minimum absolute atomic E-state index is 0.0258. The van der Waals surface area contributed by atoms with Gasteiger partial charge in [-0.05, 0) is 36.5 Å². The van der Waals surface area contributed by atoms with Gasteiger partial charge in [-0.15, -0.1) is 0 Å². The third kappa shape index (κ3) is 2.29. The van der Waals surface area contributed by atoms with Crippen molar-refractivity contribution in [1.82, 2.24) is 10.2 Å². The summed E-state index contributed by atoms with van der Waals surface area (Å²) < 4.78 is 0. The molecular formula is C15H28N2O. The van der Waals surface area contributed by atoms with Crippen molar-refractivity contribution in [2.24, 2.45) is 17.3 Å². The van der Waals surface area contributed by atoms with Gasteiger partial charge in [-0.3, -0.25) is 10.1 Å². The summed E-state index contributed by atoms with van der Waals surface area (Å²) in [6, 6.07) is 0.0258. The van der Waals surface area contributed by atoms with Gasteiger partial charge in [0.2, 0.25) is 5.91 Å². The number of carbonyl (C=O) groups is 1. The van der Waals surface area contributed by atoms with Crippen LogP contribution >= 0.6 is 0 Å². The van der Waals surface area contributed by atoms with Crippen LogP contribution in [0.1, 0.15) is 53.9 Å². The Balaban J connectivity index is 2.09. The molecule has 0 spiro atoms. The van der Waals surface area contributed by atoms with Crippen molar-refractivity contribution >= 4 is 5.91 Å². The van der Waals surface area contributed by atoms with E-state index in [0.717, 1.165) is 13.0 Å². The standard InChI is InChI=1S/C15H28N2O/c1-6-12-16-13(10(2)3)14(18)17(12)9-15(7-8-15)11(4)5/h10-13,16H,6-9H2,1-5H3. The fraction of sp³-hybridized carbons (Fsp3) is 0.933. The van der Waals surface area contributed by atoms with E-state index in [9.17, 15) is 4.79 Å². The van der Waals surface area contributed by atoms with Crippen molar-refractivity contribution in [2.75, 3.05) is 6.54 Å². The van der Waals surface area contributed by atoms with E-state index < -0.39 is 0 Å². The molecule has 1 aliphatic carbocycles. The first-order valence-electron chi connectivity index (χ1n) is 7.48. The number of hydrogen-bond donors (Lipinski definition) is 1. The highest BCUT2D eigenvalue weighted by Crippen LogP contribution is 2.52. The Labute approximate surface area is 111 Å². The van der Waals surface area contributed by atoms with Crippen LogP contribution < -0.4 is 5.32 Å². The second kappa shape index (κ2) is 4.84. The summed E-state index contributed by atoms with van der Waals surface area (Å²) >= 11 is 0. The van der Waals surface area contributed by atoms with Crippen LogP contribution in [0.4, 0.5) is 0 Å². The molecule has 2 atom stereocenters. The molecule has 3 nitrogen and oxygen atoms in total. The number of amides is 1. The summed E-state index contributed by atoms with van der Waals surface area (Å²) in [7, 11) is 0. The lowest BCUT2D eigenvalue weighted by molar-refractivity contribution is -0.131. The van der Waals surface area contributed by atoms with E-state index >= 15 is 0 Å². The van der Waals surface area contributed by atoms with Crippen LogP contribution in [-0.2, 0) is 4.79 Å². The molecule has 1 N–H and O–H groups in total. The summed E-state index contributed by atoms with van der Waals surface area (Å²) in [6.45, 7) is 12.0. The molecule has 1 heterocycles. The highest BCUT2D eigenvalue weighted by atomic mass is 16.2. The van der Waals surface area contributed by atoms with Gasteiger partial charge in [-0.2, -0.15) is 0 Å². The molecule has 2 unspecified atom stereocenters. The Bertz CT molecular complexity index is 320. The van der Waals surface area contributed by atoms with Gasteiger partial charge in [0.1, 0.15) is 0 Å². The Kier molecular flexibility index (Phi) is 3.72. The Morgan fingerprint density at radius 3 is 2.33 bits per heavy atom. The van der Waals surface area contributed by atoms with Crippen LogP contribution in [-0.4, -0.2) is 29.6 Å². The van der Waals surface area contributed by atoms with Gasteiger partial charge >= 0.3 is 0 Å². The number of nitrogens with one attached hydrogen (secondary N) is 1. The number of carbonyl (C=O) groups excluding carboxylic acids is 1. The summed E-state index contributed by atoms with van der Waals surface area (Å²) in [5, 5.41) is 3.51. The van der Waals surface area contributed by atoms with Gasteiger partial charge in [-0.1, -0.05) is 34.6 Å². The van der Waals surface area contributed by atoms with Crippen LogP contribution in [0.15, 0.2) is 0 Å². The van der Waals surface area contributed by atoms with Gasteiger partial charge in [0.15, 0.2) is 0 Å². The molecule has 2 fully saturated rings. The molecule has 1 aliphatic heterocycles. The van der Waals surface area contributed by atoms with Gasteiger partial charge in [0.25, 0.3) is 0 Å². The predicted octanol–water partition coefficient (Wildman–Crippen LogP) is 2.62. The molecule has 0 radical (unpaired) electrons. The lowest BCUT2D eigenvalue weighted by atomic mass is 9.91. The Morgan fingerprint density at radius 1 is 1.33 bits per heavy atom. The van der Waals surface area contributed by atoms with Crippen LogP contribution in [0, 0.1) is 17.3 Å². The van der Waals surface area contributed by atoms with E-state index in [1.54, 1.807) is 0 Å². The fourth-order valence-corrected chi connectivity index (χ4v) is 3.12. The zero-order valence-corrected chi connectivity index (χ0v) is 12.5. The normalized spacial score (nSPS) is 30.6. The second-order valence-corrected chi connectivity index (χ2v) is 6.80. The Hall–Kier alpha value is -0.570. The monoisotopic (exact) mass is 252 g/mol. The van der Waals surface area contributed by atoms with E-state index in [1.165, 1.54) is 12.8 Å². The first kappa shape index (κ1) is 13.9. The fourth-order valence-electron chi connectivity index (χ4n) is 3.12. The topological polar surface area (TPSA) is 32.3 Å². The molecular weight excluding hydrogens is 224 g/mol. The van der Waals surface area contributed by atoms with Gasteiger partial charge in [0, 0.05) is 6.54 Å². The molecule has 1 amide bonds. The maximum absolute atomic E-state index is 12.5. The second-order valence-electron chi connectivity index (χ2n) is 6.80. The van der Waals surface area contributed by atoms with Gasteiger partial charge in [-0.25, -0.2) is 0 Å². The summed E-state index contributed by atoms with van der Waals surface area (Å²) in [6.07, 6.45) is 3.83. The number of rotatable bonds is 5. The van der Waals surface area contributed by atoms with E-state index in [-0.39, 0.29) is 12.2 Å². The molecule has 2 rings (SSSR count). The third-order valence-corrected chi connectivity index (χ3v) is 4.95. The minimum atomic E-state index is 0.0258. The maximum atomic E-state index is 12.5. The van der Waals surface area contributed by atoms with E-state index in [1.807, 2.05) is 0 Å². The van der Waals surface area contributed by atoms with Crippen LogP contribution in [0.25, 0.3) is 0 Å². The van der Waals surface area contributed by atoms with Crippen molar-refractivity contribution in [1.29, 1.82) is 0 Å². The lowest BCUT2D eigenvalue weighted by Crippen LogP contribution is -2.41. The zero-order chi connectivity index (χ0) is 13.5. The van der Waals surface area contributed by atoms with Crippen LogP contribution in [0.3, 0.4) is 0 Å². The smallest absolute Gasteiger partial charge is 0.241 e. The summed E-state index contributed by atoms with van der Waals surface area (Å²) in [5.74, 6) is 1.38. The molecule has 18 heavy (non-hydrogen) atoms. The third-order valence-electron chi connectivity index (χ3n) is 4.95. The maximum Gasteiger partial charge on any atom is 0.241 e. The SMILES string of the molecule is CCC1NC(C(C)C)C(=O)N1CC1(C(C)C)CC1. The van der Waals surface area contributed by atoms with Gasteiger partial charge < -0.3 is 4.90 Å². The molecule has 0 aromatic heterocycles. The molecule has 1 saturated carbocycles. The van der Waals surface area contributed by atoms with E-state index in [4.69, 9.17) is 0 Å². The van der Waals surface area contributed by atoms with Crippen LogP contribution in [0.2, 0.25) is 0 Å². The van der Waals surface area contributed by atoms with Crippen molar-refractivity contribution in [3.8, 4) is 0 Å². The molecule has 0 aromatic rings. The molecule has 0 bridgehead atoms. The van der Waals surface area contributed by atoms with Crippen molar-refractivity contribution in [2.45, 2.75) is 66.1 Å². The minimum Gasteiger partial charge on any atom is -0.325 e. The number of nitrogens with zero attached hydrogens (tertiary/aromatic N) is 1. The summed E-state index contributed by atoms with van der Waals surface area (Å²) in [4.78, 5) is 14.6.